The van der Waals surface area contributed by atoms with E-state index in [1.807, 2.05) is 6.92 Å². The number of aliphatic hydroxyl groups excluding tert-OH is 1. The van der Waals surface area contributed by atoms with E-state index in [9.17, 15) is 4.79 Å². The SMILES string of the molecule is CC[C@H](N)C(=O)N1CCC[C@@H]1CO. The summed E-state index contributed by atoms with van der Waals surface area (Å²) in [6.45, 7) is 2.70. The van der Waals surface area contributed by atoms with Crippen molar-refractivity contribution in [2.75, 3.05) is 13.2 Å². The molecule has 76 valence electrons. The molecule has 13 heavy (non-hydrogen) atoms. The number of hydrogen-bond donors (Lipinski definition) is 2. The van der Waals surface area contributed by atoms with E-state index >= 15 is 0 Å². The number of hydrogen-bond acceptors (Lipinski definition) is 3. The number of likely N-dealkylation sites (tertiary alicyclic amines) is 1. The van der Waals surface area contributed by atoms with Gasteiger partial charge in [0.1, 0.15) is 0 Å². The van der Waals surface area contributed by atoms with E-state index in [1.165, 1.54) is 0 Å². The van der Waals surface area contributed by atoms with Crippen molar-refractivity contribution in [1.82, 2.24) is 4.90 Å². The van der Waals surface area contributed by atoms with Crippen LogP contribution in [0.15, 0.2) is 0 Å². The van der Waals surface area contributed by atoms with E-state index in [4.69, 9.17) is 10.8 Å². The molecule has 0 saturated carbocycles. The molecule has 1 rings (SSSR count). The minimum atomic E-state index is -0.396. The van der Waals surface area contributed by atoms with Gasteiger partial charge in [0.25, 0.3) is 0 Å². The second kappa shape index (κ2) is 4.58. The Morgan fingerprint density at radius 3 is 3.00 bits per heavy atom. The van der Waals surface area contributed by atoms with Gasteiger partial charge >= 0.3 is 0 Å². The largest absolute Gasteiger partial charge is 0.394 e. The van der Waals surface area contributed by atoms with Crippen LogP contribution in [-0.2, 0) is 4.79 Å². The Bertz CT molecular complexity index is 184. The normalized spacial score (nSPS) is 24.8. The number of carbonyl (C=O) groups excluding carboxylic acids is 1. The molecule has 1 amide bonds. The molecule has 0 aromatic carbocycles. The first kappa shape index (κ1) is 10.5. The molecule has 0 radical (unpaired) electrons. The van der Waals surface area contributed by atoms with Crippen LogP contribution in [0.3, 0.4) is 0 Å². The monoisotopic (exact) mass is 186 g/mol. The molecule has 3 N–H and O–H groups in total. The second-order valence-electron chi connectivity index (χ2n) is 3.52. The summed E-state index contributed by atoms with van der Waals surface area (Å²) in [6, 6.07) is -0.391. The lowest BCUT2D eigenvalue weighted by Gasteiger charge is -2.25. The summed E-state index contributed by atoms with van der Waals surface area (Å²) in [5.41, 5.74) is 5.64. The summed E-state index contributed by atoms with van der Waals surface area (Å²) in [5, 5.41) is 9.01. The Kier molecular flexibility index (Phi) is 3.69. The van der Waals surface area contributed by atoms with Gasteiger partial charge in [-0.15, -0.1) is 0 Å². The summed E-state index contributed by atoms with van der Waals surface area (Å²) in [4.78, 5) is 13.4. The van der Waals surface area contributed by atoms with Crippen LogP contribution >= 0.6 is 0 Å². The highest BCUT2D eigenvalue weighted by Gasteiger charge is 2.30. The van der Waals surface area contributed by atoms with E-state index in [0.29, 0.717) is 6.42 Å². The summed E-state index contributed by atoms with van der Waals surface area (Å²) >= 11 is 0. The van der Waals surface area contributed by atoms with Gasteiger partial charge in [-0.3, -0.25) is 4.79 Å². The van der Waals surface area contributed by atoms with Gasteiger partial charge in [0, 0.05) is 6.54 Å². The quantitative estimate of drug-likeness (QED) is 0.636. The third-order valence-corrected chi connectivity index (χ3v) is 2.63. The first-order valence-corrected chi connectivity index (χ1v) is 4.87. The van der Waals surface area contributed by atoms with E-state index in [0.717, 1.165) is 19.4 Å². The fourth-order valence-corrected chi connectivity index (χ4v) is 1.70. The number of rotatable bonds is 3. The van der Waals surface area contributed by atoms with Crippen molar-refractivity contribution in [3.63, 3.8) is 0 Å². The van der Waals surface area contributed by atoms with Gasteiger partial charge in [-0.2, -0.15) is 0 Å². The van der Waals surface area contributed by atoms with Crippen molar-refractivity contribution in [1.29, 1.82) is 0 Å². The lowest BCUT2D eigenvalue weighted by Crippen LogP contribution is -2.46. The van der Waals surface area contributed by atoms with Gasteiger partial charge in [0.2, 0.25) is 5.91 Å². The molecule has 1 aliphatic heterocycles. The Morgan fingerprint density at radius 2 is 2.46 bits per heavy atom. The number of aliphatic hydroxyl groups is 1. The lowest BCUT2D eigenvalue weighted by atomic mass is 10.2. The molecule has 0 bridgehead atoms. The second-order valence-corrected chi connectivity index (χ2v) is 3.52. The highest BCUT2D eigenvalue weighted by molar-refractivity contribution is 5.82. The van der Waals surface area contributed by atoms with Gasteiger partial charge in [-0.05, 0) is 19.3 Å². The lowest BCUT2D eigenvalue weighted by molar-refractivity contribution is -0.134. The van der Waals surface area contributed by atoms with Crippen molar-refractivity contribution in [2.45, 2.75) is 38.3 Å². The minimum absolute atomic E-state index is 0.00472. The average Bonchev–Trinajstić information content (AvgIpc) is 2.62. The Morgan fingerprint density at radius 1 is 1.77 bits per heavy atom. The minimum Gasteiger partial charge on any atom is -0.394 e. The summed E-state index contributed by atoms with van der Waals surface area (Å²) < 4.78 is 0. The van der Waals surface area contributed by atoms with Crippen LogP contribution in [0, 0.1) is 0 Å². The molecule has 1 fully saturated rings. The van der Waals surface area contributed by atoms with E-state index in [1.54, 1.807) is 4.90 Å². The van der Waals surface area contributed by atoms with Crippen molar-refractivity contribution in [3.8, 4) is 0 Å². The molecule has 0 aromatic rings. The maximum Gasteiger partial charge on any atom is 0.239 e. The Hall–Kier alpha value is -0.610. The zero-order valence-electron chi connectivity index (χ0n) is 8.07. The van der Waals surface area contributed by atoms with Crippen LogP contribution in [0.25, 0.3) is 0 Å². The average molecular weight is 186 g/mol. The Balaban J connectivity index is 2.54. The summed E-state index contributed by atoms with van der Waals surface area (Å²) in [6.07, 6.45) is 2.54. The molecule has 2 atom stereocenters. The zero-order chi connectivity index (χ0) is 9.84. The first-order valence-electron chi connectivity index (χ1n) is 4.87. The van der Waals surface area contributed by atoms with Crippen molar-refractivity contribution >= 4 is 5.91 Å². The van der Waals surface area contributed by atoms with E-state index < -0.39 is 6.04 Å². The fraction of sp³-hybridized carbons (Fsp3) is 0.889. The molecule has 0 unspecified atom stereocenters. The first-order chi connectivity index (χ1) is 6.20. The smallest absolute Gasteiger partial charge is 0.239 e. The van der Waals surface area contributed by atoms with Gasteiger partial charge in [-0.25, -0.2) is 0 Å². The van der Waals surface area contributed by atoms with Crippen molar-refractivity contribution in [3.05, 3.63) is 0 Å². The molecule has 0 aliphatic carbocycles. The number of nitrogens with two attached hydrogens (primary N) is 1. The van der Waals surface area contributed by atoms with Gasteiger partial charge < -0.3 is 15.7 Å². The van der Waals surface area contributed by atoms with Crippen LogP contribution < -0.4 is 5.73 Å². The molecular formula is C9H18N2O2. The maximum atomic E-state index is 11.6. The highest BCUT2D eigenvalue weighted by Crippen LogP contribution is 2.17. The molecule has 1 aliphatic rings. The third-order valence-electron chi connectivity index (χ3n) is 2.63. The third kappa shape index (κ3) is 2.19. The molecule has 0 spiro atoms. The van der Waals surface area contributed by atoms with Crippen molar-refractivity contribution < 1.29 is 9.90 Å². The number of carbonyl (C=O) groups is 1. The van der Waals surface area contributed by atoms with Gasteiger partial charge in [0.15, 0.2) is 0 Å². The summed E-state index contributed by atoms with van der Waals surface area (Å²) in [5.74, 6) is -0.0148. The standard InChI is InChI=1S/C9H18N2O2/c1-2-8(10)9(13)11-5-3-4-7(11)6-12/h7-8,12H,2-6,10H2,1H3/t7-,8+/m1/s1. The maximum absolute atomic E-state index is 11.6. The number of nitrogens with zero attached hydrogens (tertiary/aromatic N) is 1. The van der Waals surface area contributed by atoms with E-state index in [-0.39, 0.29) is 18.6 Å². The van der Waals surface area contributed by atoms with Crippen LogP contribution in [0.5, 0.6) is 0 Å². The molecular weight excluding hydrogens is 168 g/mol. The highest BCUT2D eigenvalue weighted by atomic mass is 16.3. The molecule has 4 heteroatoms. The van der Waals surface area contributed by atoms with Crippen LogP contribution in [-0.4, -0.2) is 41.1 Å². The number of amides is 1. The van der Waals surface area contributed by atoms with Crippen LogP contribution in [0.2, 0.25) is 0 Å². The molecule has 4 nitrogen and oxygen atoms in total. The van der Waals surface area contributed by atoms with Gasteiger partial charge in [-0.1, -0.05) is 6.92 Å². The summed E-state index contributed by atoms with van der Waals surface area (Å²) in [7, 11) is 0. The van der Waals surface area contributed by atoms with E-state index in [2.05, 4.69) is 0 Å². The van der Waals surface area contributed by atoms with Crippen molar-refractivity contribution in [2.24, 2.45) is 5.73 Å². The van der Waals surface area contributed by atoms with Crippen LogP contribution in [0.1, 0.15) is 26.2 Å². The predicted molar refractivity (Wildman–Crippen MR) is 50.1 cm³/mol. The molecule has 0 aromatic heterocycles. The van der Waals surface area contributed by atoms with Gasteiger partial charge in [0.05, 0.1) is 18.7 Å². The molecule has 1 saturated heterocycles. The predicted octanol–water partition coefficient (Wildman–Crippen LogP) is -0.293. The zero-order valence-corrected chi connectivity index (χ0v) is 8.07. The van der Waals surface area contributed by atoms with Crippen LogP contribution in [0.4, 0.5) is 0 Å². The fourth-order valence-electron chi connectivity index (χ4n) is 1.70. The Labute approximate surface area is 78.7 Å². The molecule has 1 heterocycles. The topological polar surface area (TPSA) is 66.6 Å².